The molecule has 1 aromatic heterocycles. The van der Waals surface area contributed by atoms with Crippen LogP contribution in [0.5, 0.6) is 11.5 Å². The number of ether oxygens (including phenoxy) is 1. The van der Waals surface area contributed by atoms with Gasteiger partial charge in [0.1, 0.15) is 18.1 Å². The van der Waals surface area contributed by atoms with Crippen molar-refractivity contribution in [1.29, 1.82) is 0 Å². The summed E-state index contributed by atoms with van der Waals surface area (Å²) >= 11 is 7.23. The van der Waals surface area contributed by atoms with Crippen LogP contribution in [0.15, 0.2) is 54.0 Å². The van der Waals surface area contributed by atoms with Gasteiger partial charge in [0.05, 0.1) is 5.56 Å². The third-order valence-electron chi connectivity index (χ3n) is 3.16. The molecule has 0 radical (unpaired) electrons. The van der Waals surface area contributed by atoms with E-state index in [1.54, 1.807) is 29.8 Å². The summed E-state index contributed by atoms with van der Waals surface area (Å²) in [6.07, 6.45) is 1.59. The Hall–Kier alpha value is -2.57. The minimum atomic E-state index is -0.448. The minimum absolute atomic E-state index is 0.119. The number of benzene rings is 2. The molecule has 0 saturated carbocycles. The average Bonchev–Trinajstić information content (AvgIpc) is 3.07. The standard InChI is InChI=1S/C17H13ClN2O3S/c18-12-3-1-2-11(8-12)10-23-13-4-5-15(21)14(9-13)16(22)20-17-19-6-7-24-17/h1-9,21H,10H2,(H,19,20,22). The molecule has 3 rings (SSSR count). The number of halogens is 1. The Kier molecular flexibility index (Phi) is 4.98. The highest BCUT2D eigenvalue weighted by atomic mass is 35.5. The number of aromatic nitrogens is 1. The van der Waals surface area contributed by atoms with Crippen molar-refractivity contribution in [1.82, 2.24) is 4.98 Å². The maximum atomic E-state index is 12.2. The second-order valence-electron chi connectivity index (χ2n) is 4.89. The van der Waals surface area contributed by atoms with Gasteiger partial charge in [0.15, 0.2) is 5.13 Å². The third-order valence-corrected chi connectivity index (χ3v) is 4.08. The van der Waals surface area contributed by atoms with Crippen LogP contribution in [0.4, 0.5) is 5.13 Å². The number of thiazole rings is 1. The lowest BCUT2D eigenvalue weighted by Crippen LogP contribution is -2.12. The van der Waals surface area contributed by atoms with Crippen molar-refractivity contribution >= 4 is 34.0 Å². The first-order valence-corrected chi connectivity index (χ1v) is 8.29. The van der Waals surface area contributed by atoms with E-state index < -0.39 is 5.91 Å². The zero-order chi connectivity index (χ0) is 16.9. The highest BCUT2D eigenvalue weighted by Gasteiger charge is 2.14. The molecule has 0 fully saturated rings. The van der Waals surface area contributed by atoms with Crippen LogP contribution in [-0.4, -0.2) is 16.0 Å². The first-order valence-electron chi connectivity index (χ1n) is 7.03. The molecule has 0 aliphatic rings. The average molecular weight is 361 g/mol. The quantitative estimate of drug-likeness (QED) is 0.710. The van der Waals surface area contributed by atoms with Crippen molar-refractivity contribution in [3.63, 3.8) is 0 Å². The zero-order valence-electron chi connectivity index (χ0n) is 12.4. The van der Waals surface area contributed by atoms with Crippen molar-refractivity contribution in [3.8, 4) is 11.5 Å². The van der Waals surface area contributed by atoms with Gasteiger partial charge in [0.25, 0.3) is 5.91 Å². The monoisotopic (exact) mass is 360 g/mol. The Morgan fingerprint density at radius 3 is 2.92 bits per heavy atom. The number of anilines is 1. The molecular weight excluding hydrogens is 348 g/mol. The highest BCUT2D eigenvalue weighted by molar-refractivity contribution is 7.13. The lowest BCUT2D eigenvalue weighted by molar-refractivity contribution is 0.102. The van der Waals surface area contributed by atoms with Crippen LogP contribution in [0.3, 0.4) is 0 Å². The number of phenols is 1. The van der Waals surface area contributed by atoms with Crippen LogP contribution in [0.25, 0.3) is 0 Å². The van der Waals surface area contributed by atoms with Gasteiger partial charge in [-0.25, -0.2) is 4.98 Å². The smallest absolute Gasteiger partial charge is 0.261 e. The summed E-state index contributed by atoms with van der Waals surface area (Å²) in [5, 5.41) is 15.4. The molecule has 0 atom stereocenters. The largest absolute Gasteiger partial charge is 0.507 e. The number of carbonyl (C=O) groups is 1. The van der Waals surface area contributed by atoms with Gasteiger partial charge in [-0.3, -0.25) is 10.1 Å². The second-order valence-corrected chi connectivity index (χ2v) is 6.22. The summed E-state index contributed by atoms with van der Waals surface area (Å²) in [7, 11) is 0. The van der Waals surface area contributed by atoms with Gasteiger partial charge >= 0.3 is 0 Å². The Morgan fingerprint density at radius 2 is 2.17 bits per heavy atom. The van der Waals surface area contributed by atoms with Crippen molar-refractivity contribution in [2.24, 2.45) is 0 Å². The maximum Gasteiger partial charge on any atom is 0.261 e. The van der Waals surface area contributed by atoms with E-state index in [-0.39, 0.29) is 11.3 Å². The van der Waals surface area contributed by atoms with Crippen molar-refractivity contribution in [3.05, 3.63) is 70.2 Å². The number of hydrogen-bond acceptors (Lipinski definition) is 5. The fourth-order valence-electron chi connectivity index (χ4n) is 2.03. The fraction of sp³-hybridized carbons (Fsp3) is 0.0588. The molecule has 2 N–H and O–H groups in total. The molecule has 0 aliphatic heterocycles. The van der Waals surface area contributed by atoms with Gasteiger partial charge in [0, 0.05) is 16.6 Å². The number of nitrogens with one attached hydrogen (secondary N) is 1. The predicted molar refractivity (Wildman–Crippen MR) is 94.0 cm³/mol. The Morgan fingerprint density at radius 1 is 1.29 bits per heavy atom. The van der Waals surface area contributed by atoms with Crippen molar-refractivity contribution in [2.75, 3.05) is 5.32 Å². The zero-order valence-corrected chi connectivity index (χ0v) is 14.0. The van der Waals surface area contributed by atoms with Crippen LogP contribution in [0.2, 0.25) is 5.02 Å². The van der Waals surface area contributed by atoms with Crippen LogP contribution in [-0.2, 0) is 6.61 Å². The molecule has 7 heteroatoms. The SMILES string of the molecule is O=C(Nc1nccs1)c1cc(OCc2cccc(Cl)c2)ccc1O. The topological polar surface area (TPSA) is 71.5 Å². The molecular formula is C17H13ClN2O3S. The van der Waals surface area contributed by atoms with Crippen molar-refractivity contribution in [2.45, 2.75) is 6.61 Å². The van der Waals surface area contributed by atoms with Gasteiger partial charge in [0.2, 0.25) is 0 Å². The number of hydrogen-bond donors (Lipinski definition) is 2. The molecule has 0 unspecified atom stereocenters. The summed E-state index contributed by atoms with van der Waals surface area (Å²) < 4.78 is 5.67. The van der Waals surface area contributed by atoms with Gasteiger partial charge in [-0.2, -0.15) is 0 Å². The lowest BCUT2D eigenvalue weighted by atomic mass is 10.1. The summed E-state index contributed by atoms with van der Waals surface area (Å²) in [5.41, 5.74) is 1.03. The maximum absolute atomic E-state index is 12.2. The number of rotatable bonds is 5. The molecule has 1 amide bonds. The van der Waals surface area contributed by atoms with E-state index in [4.69, 9.17) is 16.3 Å². The Balaban J connectivity index is 1.72. The molecule has 0 aliphatic carbocycles. The Labute approximate surface area is 147 Å². The van der Waals surface area contributed by atoms with Gasteiger partial charge in [-0.05, 0) is 35.9 Å². The van der Waals surface area contributed by atoms with Crippen LogP contribution in [0.1, 0.15) is 15.9 Å². The van der Waals surface area contributed by atoms with E-state index in [1.807, 2.05) is 12.1 Å². The number of phenolic OH excluding ortho intramolecular Hbond substituents is 1. The summed E-state index contributed by atoms with van der Waals surface area (Å²) in [6, 6.07) is 11.8. The van der Waals surface area contributed by atoms with Crippen LogP contribution in [0, 0.1) is 0 Å². The predicted octanol–water partition coefficient (Wildman–Crippen LogP) is 4.33. The van der Waals surface area contributed by atoms with E-state index in [9.17, 15) is 9.90 Å². The molecule has 3 aromatic rings. The van der Waals surface area contributed by atoms with Crippen LogP contribution >= 0.6 is 22.9 Å². The molecule has 0 spiro atoms. The second kappa shape index (κ2) is 7.33. The highest BCUT2D eigenvalue weighted by Crippen LogP contribution is 2.25. The van der Waals surface area contributed by atoms with Gasteiger partial charge < -0.3 is 9.84 Å². The van der Waals surface area contributed by atoms with E-state index in [2.05, 4.69) is 10.3 Å². The normalized spacial score (nSPS) is 10.4. The third kappa shape index (κ3) is 4.04. The summed E-state index contributed by atoms with van der Waals surface area (Å²) in [4.78, 5) is 16.2. The number of nitrogens with zero attached hydrogens (tertiary/aromatic N) is 1. The number of amides is 1. The van der Waals surface area contributed by atoms with E-state index in [0.29, 0.717) is 22.5 Å². The number of carbonyl (C=O) groups excluding carboxylic acids is 1. The van der Waals surface area contributed by atoms with Crippen molar-refractivity contribution < 1.29 is 14.6 Å². The molecule has 1 heterocycles. The van der Waals surface area contributed by atoms with E-state index in [1.165, 1.54) is 23.5 Å². The van der Waals surface area contributed by atoms with E-state index in [0.717, 1.165) is 5.56 Å². The van der Waals surface area contributed by atoms with Gasteiger partial charge in [-0.1, -0.05) is 23.7 Å². The number of aromatic hydroxyl groups is 1. The molecule has 122 valence electrons. The Bertz CT molecular complexity index is 853. The molecule has 2 aromatic carbocycles. The van der Waals surface area contributed by atoms with E-state index >= 15 is 0 Å². The molecule has 5 nitrogen and oxygen atoms in total. The minimum Gasteiger partial charge on any atom is -0.507 e. The summed E-state index contributed by atoms with van der Waals surface area (Å²) in [6.45, 7) is 0.304. The first kappa shape index (κ1) is 16.3. The molecule has 24 heavy (non-hydrogen) atoms. The fourth-order valence-corrected chi connectivity index (χ4v) is 2.77. The molecule has 0 bridgehead atoms. The first-order chi connectivity index (χ1) is 11.6. The van der Waals surface area contributed by atoms with Crippen LogP contribution < -0.4 is 10.1 Å². The van der Waals surface area contributed by atoms with Gasteiger partial charge in [-0.15, -0.1) is 11.3 Å². The summed E-state index contributed by atoms with van der Waals surface area (Å²) in [5.74, 6) is -0.105. The molecule has 0 saturated heterocycles. The lowest BCUT2D eigenvalue weighted by Gasteiger charge is -2.10.